The highest BCUT2D eigenvalue weighted by molar-refractivity contribution is 9.10. The largest absolute Gasteiger partial charge is 0.437 e. The lowest BCUT2D eigenvalue weighted by Crippen LogP contribution is -2.13. The highest BCUT2D eigenvalue weighted by Gasteiger charge is 2.14. The average molecular weight is 376 g/mol. The van der Waals surface area contributed by atoms with E-state index in [-0.39, 0.29) is 6.04 Å². The molecule has 0 radical (unpaired) electrons. The van der Waals surface area contributed by atoms with E-state index in [4.69, 9.17) is 27.9 Å². The monoisotopic (exact) mass is 374 g/mol. The van der Waals surface area contributed by atoms with Crippen molar-refractivity contribution in [2.75, 3.05) is 7.05 Å². The first-order valence-electron chi connectivity index (χ1n) is 5.97. The number of hydrogen-bond acceptors (Lipinski definition) is 3. The van der Waals surface area contributed by atoms with Gasteiger partial charge < -0.3 is 10.1 Å². The first-order valence-corrected chi connectivity index (χ1v) is 7.52. The zero-order valence-electron chi connectivity index (χ0n) is 11.0. The molecule has 0 amide bonds. The fourth-order valence-corrected chi connectivity index (χ4v) is 2.49. The van der Waals surface area contributed by atoms with Gasteiger partial charge >= 0.3 is 0 Å². The second kappa shape index (κ2) is 6.76. The molecule has 2 rings (SSSR count). The van der Waals surface area contributed by atoms with Gasteiger partial charge in [-0.1, -0.05) is 29.3 Å². The number of pyridine rings is 1. The minimum Gasteiger partial charge on any atom is -0.437 e. The summed E-state index contributed by atoms with van der Waals surface area (Å²) >= 11 is 15.5. The lowest BCUT2D eigenvalue weighted by molar-refractivity contribution is 0.447. The van der Waals surface area contributed by atoms with Gasteiger partial charge in [0.25, 0.3) is 0 Å². The highest BCUT2D eigenvalue weighted by atomic mass is 79.9. The second-order valence-electron chi connectivity index (χ2n) is 4.21. The topological polar surface area (TPSA) is 34.2 Å². The van der Waals surface area contributed by atoms with Gasteiger partial charge in [0.15, 0.2) is 0 Å². The number of halogens is 3. The van der Waals surface area contributed by atoms with Crippen LogP contribution in [0.25, 0.3) is 0 Å². The van der Waals surface area contributed by atoms with E-state index in [9.17, 15) is 0 Å². The van der Waals surface area contributed by atoms with Crippen molar-refractivity contribution >= 4 is 39.1 Å². The maximum atomic E-state index is 6.16. The third-order valence-corrected chi connectivity index (χ3v) is 4.37. The van der Waals surface area contributed by atoms with Gasteiger partial charge in [0.2, 0.25) is 5.88 Å². The molecule has 0 fully saturated rings. The van der Waals surface area contributed by atoms with Gasteiger partial charge in [-0.05, 0) is 42.0 Å². The zero-order chi connectivity index (χ0) is 14.7. The van der Waals surface area contributed by atoms with E-state index in [0.29, 0.717) is 21.7 Å². The minimum absolute atomic E-state index is 0.114. The molecule has 106 valence electrons. The summed E-state index contributed by atoms with van der Waals surface area (Å²) in [6.07, 6.45) is 1.68. The summed E-state index contributed by atoms with van der Waals surface area (Å²) in [4.78, 5) is 4.26. The first-order chi connectivity index (χ1) is 9.52. The quantitative estimate of drug-likeness (QED) is 0.743. The van der Waals surface area contributed by atoms with Crippen LogP contribution in [0.15, 0.2) is 34.9 Å². The van der Waals surface area contributed by atoms with Gasteiger partial charge in [0, 0.05) is 28.3 Å². The fourth-order valence-electron chi connectivity index (χ4n) is 1.66. The van der Waals surface area contributed by atoms with E-state index in [1.165, 1.54) is 0 Å². The number of rotatable bonds is 4. The number of ether oxygens (including phenoxy) is 1. The van der Waals surface area contributed by atoms with E-state index in [1.807, 2.05) is 26.1 Å². The standard InChI is InChI=1S/C14H13BrCl2N2O/c1-8(18-2)9-4-3-5-19-14(9)20-13-7-11(16)10(15)6-12(13)17/h3-8,18H,1-2H3. The molecular formula is C14H13BrCl2N2O. The van der Waals surface area contributed by atoms with Crippen LogP contribution < -0.4 is 10.1 Å². The number of nitrogens with zero attached hydrogens (tertiary/aromatic N) is 1. The summed E-state index contributed by atoms with van der Waals surface area (Å²) < 4.78 is 6.53. The molecule has 0 saturated heterocycles. The lowest BCUT2D eigenvalue weighted by Gasteiger charge is -2.15. The Morgan fingerprint density at radius 1 is 1.30 bits per heavy atom. The third kappa shape index (κ3) is 3.44. The van der Waals surface area contributed by atoms with E-state index < -0.39 is 0 Å². The van der Waals surface area contributed by atoms with Gasteiger partial charge in [-0.25, -0.2) is 4.98 Å². The van der Waals surface area contributed by atoms with Crippen molar-refractivity contribution in [2.45, 2.75) is 13.0 Å². The molecule has 1 heterocycles. The van der Waals surface area contributed by atoms with E-state index in [1.54, 1.807) is 18.3 Å². The summed E-state index contributed by atoms with van der Waals surface area (Å²) in [5.74, 6) is 0.984. The molecule has 0 bridgehead atoms. The molecule has 1 unspecified atom stereocenters. The second-order valence-corrected chi connectivity index (χ2v) is 5.88. The molecule has 1 atom stereocenters. The molecule has 1 aromatic heterocycles. The summed E-state index contributed by atoms with van der Waals surface area (Å²) in [5.41, 5.74) is 0.949. The molecular weight excluding hydrogens is 363 g/mol. The maximum Gasteiger partial charge on any atom is 0.224 e. The molecule has 6 heteroatoms. The molecule has 20 heavy (non-hydrogen) atoms. The summed E-state index contributed by atoms with van der Waals surface area (Å²) in [7, 11) is 1.88. The maximum absolute atomic E-state index is 6.16. The van der Waals surface area contributed by atoms with Crippen molar-refractivity contribution in [3.8, 4) is 11.6 Å². The first kappa shape index (κ1) is 15.6. The number of benzene rings is 1. The predicted octanol–water partition coefficient (Wildman–Crippen LogP) is 5.22. The minimum atomic E-state index is 0.114. The molecule has 0 aliphatic rings. The van der Waals surface area contributed by atoms with Crippen LogP contribution in [0.5, 0.6) is 11.6 Å². The summed E-state index contributed by atoms with van der Waals surface area (Å²) in [5, 5.41) is 4.15. The van der Waals surface area contributed by atoms with Crippen molar-refractivity contribution in [3.05, 3.63) is 50.5 Å². The van der Waals surface area contributed by atoms with Crippen LogP contribution >= 0.6 is 39.1 Å². The Morgan fingerprint density at radius 3 is 2.75 bits per heavy atom. The molecule has 3 nitrogen and oxygen atoms in total. The van der Waals surface area contributed by atoms with Crippen molar-refractivity contribution in [1.82, 2.24) is 10.3 Å². The van der Waals surface area contributed by atoms with Crippen LogP contribution in [0.4, 0.5) is 0 Å². The van der Waals surface area contributed by atoms with Gasteiger partial charge in [0.1, 0.15) is 5.75 Å². The van der Waals surface area contributed by atoms with Crippen LogP contribution in [-0.2, 0) is 0 Å². The average Bonchev–Trinajstić information content (AvgIpc) is 2.44. The summed E-state index contributed by atoms with van der Waals surface area (Å²) in [6.45, 7) is 2.03. The zero-order valence-corrected chi connectivity index (χ0v) is 14.1. The van der Waals surface area contributed by atoms with E-state index in [2.05, 4.69) is 26.2 Å². The number of hydrogen-bond donors (Lipinski definition) is 1. The Kier molecular flexibility index (Phi) is 5.27. The molecule has 0 saturated carbocycles. The van der Waals surface area contributed by atoms with Crippen LogP contribution in [-0.4, -0.2) is 12.0 Å². The van der Waals surface area contributed by atoms with Gasteiger partial charge in [0.05, 0.1) is 10.0 Å². The number of aromatic nitrogens is 1. The Morgan fingerprint density at radius 2 is 2.05 bits per heavy atom. The summed E-state index contributed by atoms with van der Waals surface area (Å²) in [6, 6.07) is 7.30. The van der Waals surface area contributed by atoms with Crippen LogP contribution in [0.3, 0.4) is 0 Å². The van der Waals surface area contributed by atoms with Gasteiger partial charge in [-0.15, -0.1) is 0 Å². The highest BCUT2D eigenvalue weighted by Crippen LogP contribution is 2.37. The smallest absolute Gasteiger partial charge is 0.224 e. The van der Waals surface area contributed by atoms with Crippen molar-refractivity contribution in [3.63, 3.8) is 0 Å². The molecule has 1 aromatic carbocycles. The van der Waals surface area contributed by atoms with Crippen LogP contribution in [0.1, 0.15) is 18.5 Å². The molecule has 0 aliphatic heterocycles. The Balaban J connectivity index is 2.38. The van der Waals surface area contributed by atoms with E-state index in [0.717, 1.165) is 10.0 Å². The molecule has 1 N–H and O–H groups in total. The molecule has 0 spiro atoms. The lowest BCUT2D eigenvalue weighted by atomic mass is 10.1. The van der Waals surface area contributed by atoms with Crippen LogP contribution in [0, 0.1) is 0 Å². The normalized spacial score (nSPS) is 12.2. The number of nitrogens with one attached hydrogen (secondary N) is 1. The van der Waals surface area contributed by atoms with E-state index >= 15 is 0 Å². The molecule has 2 aromatic rings. The Bertz CT molecular complexity index is 622. The van der Waals surface area contributed by atoms with Crippen molar-refractivity contribution in [1.29, 1.82) is 0 Å². The Hall–Kier alpha value is -0.810. The third-order valence-electron chi connectivity index (χ3n) is 2.88. The SMILES string of the molecule is CNC(C)c1cccnc1Oc1cc(Cl)c(Br)cc1Cl. The fraction of sp³-hybridized carbons (Fsp3) is 0.214. The van der Waals surface area contributed by atoms with Gasteiger partial charge in [-0.2, -0.15) is 0 Å². The molecule has 0 aliphatic carbocycles. The Labute approximate surface area is 136 Å². The van der Waals surface area contributed by atoms with Gasteiger partial charge in [-0.3, -0.25) is 0 Å². The van der Waals surface area contributed by atoms with Crippen molar-refractivity contribution in [2.24, 2.45) is 0 Å². The van der Waals surface area contributed by atoms with Crippen LogP contribution in [0.2, 0.25) is 10.0 Å². The predicted molar refractivity (Wildman–Crippen MR) is 85.9 cm³/mol. The van der Waals surface area contributed by atoms with Crippen molar-refractivity contribution < 1.29 is 4.74 Å².